The van der Waals surface area contributed by atoms with E-state index < -0.39 is 0 Å². The van der Waals surface area contributed by atoms with Gasteiger partial charge in [0.25, 0.3) is 0 Å². The molecule has 0 aromatic heterocycles. The van der Waals surface area contributed by atoms with Gasteiger partial charge in [-0.2, -0.15) is 0 Å². The van der Waals surface area contributed by atoms with Crippen LogP contribution in [-0.2, 0) is 18.4 Å². The lowest BCUT2D eigenvalue weighted by atomic mass is 9.77. The Bertz CT molecular complexity index is 404. The van der Waals surface area contributed by atoms with Crippen LogP contribution in [0.4, 0.5) is 0 Å². The molecular formula is C16H25N. The first-order chi connectivity index (χ1) is 7.94. The van der Waals surface area contributed by atoms with E-state index in [0.717, 1.165) is 13.0 Å². The Kier molecular flexibility index (Phi) is 3.31. The molecule has 94 valence electrons. The van der Waals surface area contributed by atoms with Gasteiger partial charge in [-0.15, -0.1) is 0 Å². The highest BCUT2D eigenvalue weighted by atomic mass is 15.2. The average molecular weight is 231 g/mol. The molecule has 1 heteroatoms. The van der Waals surface area contributed by atoms with Gasteiger partial charge < -0.3 is 0 Å². The van der Waals surface area contributed by atoms with E-state index in [1.54, 1.807) is 5.56 Å². The third-order valence-corrected chi connectivity index (χ3v) is 4.01. The molecule has 0 fully saturated rings. The van der Waals surface area contributed by atoms with Gasteiger partial charge in [0.2, 0.25) is 0 Å². The number of nitrogens with zero attached hydrogens (tertiary/aromatic N) is 1. The third-order valence-electron chi connectivity index (χ3n) is 4.01. The Morgan fingerprint density at radius 2 is 2.00 bits per heavy atom. The molecule has 1 aliphatic rings. The largest absolute Gasteiger partial charge is 0.296 e. The lowest BCUT2D eigenvalue weighted by molar-refractivity contribution is 0.154. The van der Waals surface area contributed by atoms with Gasteiger partial charge in [0, 0.05) is 24.5 Å². The molecule has 0 atom stereocenters. The quantitative estimate of drug-likeness (QED) is 0.749. The predicted molar refractivity (Wildman–Crippen MR) is 74.4 cm³/mol. The summed E-state index contributed by atoms with van der Waals surface area (Å²) in [6.45, 7) is 13.8. The molecule has 0 amide bonds. The number of hydrogen-bond acceptors (Lipinski definition) is 1. The van der Waals surface area contributed by atoms with E-state index in [2.05, 4.69) is 57.7 Å². The standard InChI is InChI=1S/C16H25N/c1-6-13-7-8-15-14(9-13)10-17(12(2)3)11-16(15,4)5/h7-9,12H,6,10-11H2,1-5H3. The summed E-state index contributed by atoms with van der Waals surface area (Å²) >= 11 is 0. The number of fused-ring (bicyclic) bond motifs is 1. The Morgan fingerprint density at radius 1 is 1.29 bits per heavy atom. The summed E-state index contributed by atoms with van der Waals surface area (Å²) in [7, 11) is 0. The van der Waals surface area contributed by atoms with E-state index in [9.17, 15) is 0 Å². The van der Waals surface area contributed by atoms with E-state index >= 15 is 0 Å². The summed E-state index contributed by atoms with van der Waals surface area (Å²) < 4.78 is 0. The molecule has 1 aliphatic heterocycles. The van der Waals surface area contributed by atoms with Crippen LogP contribution in [0.25, 0.3) is 0 Å². The highest BCUT2D eigenvalue weighted by Gasteiger charge is 2.32. The molecule has 1 heterocycles. The van der Waals surface area contributed by atoms with E-state index in [4.69, 9.17) is 0 Å². The van der Waals surface area contributed by atoms with Crippen LogP contribution in [0.2, 0.25) is 0 Å². The van der Waals surface area contributed by atoms with Crippen LogP contribution in [0.5, 0.6) is 0 Å². The molecule has 0 aliphatic carbocycles. The van der Waals surface area contributed by atoms with Gasteiger partial charge in [-0.05, 0) is 37.0 Å². The normalized spacial score (nSPS) is 19.4. The van der Waals surface area contributed by atoms with Crippen molar-refractivity contribution in [1.29, 1.82) is 0 Å². The summed E-state index contributed by atoms with van der Waals surface area (Å²) in [4.78, 5) is 2.59. The zero-order valence-electron chi connectivity index (χ0n) is 11.9. The topological polar surface area (TPSA) is 3.24 Å². The van der Waals surface area contributed by atoms with Crippen LogP contribution in [0.15, 0.2) is 18.2 Å². The van der Waals surface area contributed by atoms with Crippen LogP contribution in [0, 0.1) is 0 Å². The first kappa shape index (κ1) is 12.6. The molecule has 1 aromatic carbocycles. The lowest BCUT2D eigenvalue weighted by Gasteiger charge is -2.42. The smallest absolute Gasteiger partial charge is 0.0239 e. The summed E-state index contributed by atoms with van der Waals surface area (Å²) in [6.07, 6.45) is 1.13. The molecule has 0 radical (unpaired) electrons. The van der Waals surface area contributed by atoms with Gasteiger partial charge in [-0.25, -0.2) is 0 Å². The number of aryl methyl sites for hydroxylation is 1. The minimum Gasteiger partial charge on any atom is -0.296 e. The highest BCUT2D eigenvalue weighted by molar-refractivity contribution is 5.39. The Morgan fingerprint density at radius 3 is 2.59 bits per heavy atom. The molecular weight excluding hydrogens is 206 g/mol. The molecule has 0 saturated carbocycles. The summed E-state index contributed by atoms with van der Waals surface area (Å²) in [5.41, 5.74) is 4.83. The first-order valence-corrected chi connectivity index (χ1v) is 6.80. The van der Waals surface area contributed by atoms with Crippen LogP contribution in [0.3, 0.4) is 0 Å². The fraction of sp³-hybridized carbons (Fsp3) is 0.625. The fourth-order valence-electron chi connectivity index (χ4n) is 2.89. The lowest BCUT2D eigenvalue weighted by Crippen LogP contribution is -2.45. The monoisotopic (exact) mass is 231 g/mol. The van der Waals surface area contributed by atoms with Crippen LogP contribution in [0.1, 0.15) is 51.3 Å². The molecule has 2 rings (SSSR count). The molecule has 1 nitrogen and oxygen atoms in total. The zero-order valence-corrected chi connectivity index (χ0v) is 11.9. The van der Waals surface area contributed by atoms with Gasteiger partial charge in [0.05, 0.1) is 0 Å². The number of hydrogen-bond donors (Lipinski definition) is 0. The van der Waals surface area contributed by atoms with Crippen LogP contribution >= 0.6 is 0 Å². The van der Waals surface area contributed by atoms with Crippen molar-refractivity contribution in [3.8, 4) is 0 Å². The van der Waals surface area contributed by atoms with Crippen molar-refractivity contribution >= 4 is 0 Å². The maximum Gasteiger partial charge on any atom is 0.0239 e. The molecule has 0 bridgehead atoms. The predicted octanol–water partition coefficient (Wildman–Crippen LogP) is 3.75. The van der Waals surface area contributed by atoms with Crippen LogP contribution < -0.4 is 0 Å². The van der Waals surface area contributed by atoms with Crippen molar-refractivity contribution in [2.75, 3.05) is 6.54 Å². The van der Waals surface area contributed by atoms with Gasteiger partial charge in [0.15, 0.2) is 0 Å². The van der Waals surface area contributed by atoms with Crippen molar-refractivity contribution in [1.82, 2.24) is 4.90 Å². The molecule has 17 heavy (non-hydrogen) atoms. The van der Waals surface area contributed by atoms with E-state index in [0.29, 0.717) is 6.04 Å². The van der Waals surface area contributed by atoms with E-state index in [1.165, 1.54) is 17.7 Å². The second-order valence-electron chi connectivity index (χ2n) is 6.23. The Labute approximate surface area is 106 Å². The Balaban J connectivity index is 2.41. The van der Waals surface area contributed by atoms with Crippen molar-refractivity contribution in [2.45, 2.75) is 59.0 Å². The Hall–Kier alpha value is -0.820. The second-order valence-corrected chi connectivity index (χ2v) is 6.23. The maximum atomic E-state index is 2.59. The van der Waals surface area contributed by atoms with Gasteiger partial charge in [-0.3, -0.25) is 4.90 Å². The average Bonchev–Trinajstić information content (AvgIpc) is 2.27. The second kappa shape index (κ2) is 4.45. The van der Waals surface area contributed by atoms with Crippen molar-refractivity contribution in [2.24, 2.45) is 0 Å². The van der Waals surface area contributed by atoms with E-state index in [1.807, 2.05) is 0 Å². The molecule has 0 unspecified atom stereocenters. The molecule has 1 aromatic rings. The molecule has 0 N–H and O–H groups in total. The highest BCUT2D eigenvalue weighted by Crippen LogP contribution is 2.34. The number of benzene rings is 1. The zero-order chi connectivity index (χ0) is 12.6. The van der Waals surface area contributed by atoms with Crippen LogP contribution in [-0.4, -0.2) is 17.5 Å². The summed E-state index contributed by atoms with van der Waals surface area (Å²) in [5, 5.41) is 0. The van der Waals surface area contributed by atoms with Crippen molar-refractivity contribution < 1.29 is 0 Å². The van der Waals surface area contributed by atoms with Gasteiger partial charge in [0.1, 0.15) is 0 Å². The minimum absolute atomic E-state index is 0.282. The van der Waals surface area contributed by atoms with Gasteiger partial charge in [-0.1, -0.05) is 39.0 Å². The fourth-order valence-corrected chi connectivity index (χ4v) is 2.89. The third kappa shape index (κ3) is 2.40. The molecule has 0 spiro atoms. The first-order valence-electron chi connectivity index (χ1n) is 6.80. The summed E-state index contributed by atoms with van der Waals surface area (Å²) in [5.74, 6) is 0. The van der Waals surface area contributed by atoms with Crippen molar-refractivity contribution in [3.63, 3.8) is 0 Å². The molecule has 0 saturated heterocycles. The summed E-state index contributed by atoms with van der Waals surface area (Å²) in [6, 6.07) is 7.69. The maximum absolute atomic E-state index is 2.59. The SMILES string of the molecule is CCc1ccc2c(c1)CN(C(C)C)CC2(C)C. The van der Waals surface area contributed by atoms with Crippen molar-refractivity contribution in [3.05, 3.63) is 34.9 Å². The van der Waals surface area contributed by atoms with E-state index in [-0.39, 0.29) is 5.41 Å². The number of rotatable bonds is 2. The van der Waals surface area contributed by atoms with Gasteiger partial charge >= 0.3 is 0 Å². The minimum atomic E-state index is 0.282.